The number of rotatable bonds is 3. The summed E-state index contributed by atoms with van der Waals surface area (Å²) in [4.78, 5) is 0.397. The van der Waals surface area contributed by atoms with Crippen molar-refractivity contribution < 1.29 is 8.42 Å². The molecule has 0 aromatic heterocycles. The Morgan fingerprint density at radius 3 is 2.40 bits per heavy atom. The molecule has 1 heterocycles. The van der Waals surface area contributed by atoms with Crippen LogP contribution in [-0.4, -0.2) is 31.9 Å². The predicted octanol–water partition coefficient (Wildman–Crippen LogP) is 2.34. The summed E-state index contributed by atoms with van der Waals surface area (Å²) >= 11 is 0. The Hall–Kier alpha value is -0.620. The van der Waals surface area contributed by atoms with Crippen LogP contribution in [0.4, 0.5) is 0 Å². The number of hydrogen-bond donors (Lipinski definition) is 1. The van der Waals surface area contributed by atoms with E-state index in [0.717, 1.165) is 18.4 Å². The fourth-order valence-corrected chi connectivity index (χ4v) is 3.82. The van der Waals surface area contributed by atoms with E-state index in [9.17, 15) is 8.42 Å². The Balaban J connectivity index is 0.00000200. The Morgan fingerprint density at radius 2 is 1.85 bits per heavy atom. The van der Waals surface area contributed by atoms with Crippen LogP contribution in [-0.2, 0) is 10.0 Å². The second-order valence-corrected chi connectivity index (χ2v) is 7.41. The van der Waals surface area contributed by atoms with Gasteiger partial charge >= 0.3 is 0 Å². The van der Waals surface area contributed by atoms with Gasteiger partial charge in [-0.2, -0.15) is 4.31 Å². The van der Waals surface area contributed by atoms with Gasteiger partial charge in [0.2, 0.25) is 10.0 Å². The molecule has 2 N–H and O–H groups in total. The van der Waals surface area contributed by atoms with Gasteiger partial charge in [0.25, 0.3) is 0 Å². The van der Waals surface area contributed by atoms with Crippen LogP contribution in [0.15, 0.2) is 29.2 Å². The van der Waals surface area contributed by atoms with Crippen molar-refractivity contribution in [2.24, 2.45) is 5.73 Å². The van der Waals surface area contributed by atoms with Gasteiger partial charge in [-0.05, 0) is 36.5 Å². The predicted molar refractivity (Wildman–Crippen MR) is 83.7 cm³/mol. The first kappa shape index (κ1) is 17.4. The molecule has 1 aromatic carbocycles. The van der Waals surface area contributed by atoms with Crippen molar-refractivity contribution in [2.45, 2.75) is 43.5 Å². The zero-order chi connectivity index (χ0) is 14.0. The molecule has 4 nitrogen and oxygen atoms in total. The van der Waals surface area contributed by atoms with E-state index in [1.807, 2.05) is 12.1 Å². The van der Waals surface area contributed by atoms with Gasteiger partial charge in [-0.15, -0.1) is 12.4 Å². The number of nitrogens with two attached hydrogens (primary N) is 1. The lowest BCUT2D eigenvalue weighted by Crippen LogP contribution is -2.42. The molecule has 0 bridgehead atoms. The van der Waals surface area contributed by atoms with Gasteiger partial charge in [0.05, 0.1) is 4.90 Å². The van der Waals surface area contributed by atoms with Crippen LogP contribution in [0.25, 0.3) is 0 Å². The normalized spacial score (nSPS) is 18.0. The van der Waals surface area contributed by atoms with Gasteiger partial charge in [0, 0.05) is 19.1 Å². The standard InChI is InChI=1S/C14H22N2O2S.ClH/c1-11(2)12-4-3-5-14(10-12)19(17,18)16-8-6-13(15)7-9-16;/h3-5,10-11,13H,6-9,15H2,1-2H3;1H. The molecule has 0 unspecified atom stereocenters. The van der Waals surface area contributed by atoms with Gasteiger partial charge in [-0.25, -0.2) is 8.42 Å². The average molecular weight is 319 g/mol. The van der Waals surface area contributed by atoms with Crippen molar-refractivity contribution in [1.82, 2.24) is 4.31 Å². The third-order valence-electron chi connectivity index (χ3n) is 3.66. The van der Waals surface area contributed by atoms with Crippen molar-refractivity contribution >= 4 is 22.4 Å². The Bertz CT molecular complexity index is 538. The van der Waals surface area contributed by atoms with Crippen molar-refractivity contribution in [2.75, 3.05) is 13.1 Å². The fourth-order valence-electron chi connectivity index (χ4n) is 2.30. The molecule has 1 aliphatic rings. The van der Waals surface area contributed by atoms with Crippen LogP contribution < -0.4 is 5.73 Å². The van der Waals surface area contributed by atoms with Gasteiger partial charge in [0.1, 0.15) is 0 Å². The number of nitrogens with zero attached hydrogens (tertiary/aromatic N) is 1. The molecule has 1 saturated heterocycles. The topological polar surface area (TPSA) is 63.4 Å². The number of benzene rings is 1. The van der Waals surface area contributed by atoms with Gasteiger partial charge < -0.3 is 5.73 Å². The smallest absolute Gasteiger partial charge is 0.243 e. The summed E-state index contributed by atoms with van der Waals surface area (Å²) in [6.45, 7) is 5.17. The van der Waals surface area contributed by atoms with Crippen LogP contribution in [0.2, 0.25) is 0 Å². The second-order valence-electron chi connectivity index (χ2n) is 5.47. The van der Waals surface area contributed by atoms with E-state index in [1.165, 1.54) is 0 Å². The summed E-state index contributed by atoms with van der Waals surface area (Å²) in [5, 5.41) is 0. The number of halogens is 1. The Kier molecular flexibility index (Phi) is 6.01. The quantitative estimate of drug-likeness (QED) is 0.930. The van der Waals surface area contributed by atoms with Crippen LogP contribution in [0, 0.1) is 0 Å². The first-order valence-electron chi connectivity index (χ1n) is 6.77. The highest BCUT2D eigenvalue weighted by atomic mass is 35.5. The lowest BCUT2D eigenvalue weighted by Gasteiger charge is -2.29. The van der Waals surface area contributed by atoms with Crippen molar-refractivity contribution in [3.63, 3.8) is 0 Å². The van der Waals surface area contributed by atoms with E-state index in [-0.39, 0.29) is 18.4 Å². The minimum absolute atomic E-state index is 0. The molecular weight excluding hydrogens is 296 g/mol. The molecule has 2 rings (SSSR count). The highest BCUT2D eigenvalue weighted by Gasteiger charge is 2.28. The molecule has 1 aliphatic heterocycles. The summed E-state index contributed by atoms with van der Waals surface area (Å²) < 4.78 is 26.7. The summed E-state index contributed by atoms with van der Waals surface area (Å²) in [5.74, 6) is 0.324. The monoisotopic (exact) mass is 318 g/mol. The summed E-state index contributed by atoms with van der Waals surface area (Å²) in [6, 6.07) is 7.38. The number of hydrogen-bond acceptors (Lipinski definition) is 3. The first-order valence-corrected chi connectivity index (χ1v) is 8.21. The van der Waals surface area contributed by atoms with Crippen LogP contribution in [0.5, 0.6) is 0 Å². The van der Waals surface area contributed by atoms with Gasteiger partial charge in [-0.1, -0.05) is 26.0 Å². The lowest BCUT2D eigenvalue weighted by molar-refractivity contribution is 0.320. The Labute approximate surface area is 127 Å². The number of piperidine rings is 1. The first-order chi connectivity index (χ1) is 8.91. The maximum absolute atomic E-state index is 12.6. The molecule has 0 aliphatic carbocycles. The highest BCUT2D eigenvalue weighted by Crippen LogP contribution is 2.23. The SMILES string of the molecule is CC(C)c1cccc(S(=O)(=O)N2CCC(N)CC2)c1.Cl. The van der Waals surface area contributed by atoms with Crippen LogP contribution in [0.1, 0.15) is 38.2 Å². The summed E-state index contributed by atoms with van der Waals surface area (Å²) in [5.41, 5.74) is 6.87. The van der Waals surface area contributed by atoms with E-state index >= 15 is 0 Å². The fraction of sp³-hybridized carbons (Fsp3) is 0.571. The summed E-state index contributed by atoms with van der Waals surface area (Å²) in [7, 11) is -3.36. The molecule has 114 valence electrons. The number of sulfonamides is 1. The second kappa shape index (κ2) is 6.89. The Morgan fingerprint density at radius 1 is 1.25 bits per heavy atom. The largest absolute Gasteiger partial charge is 0.328 e. The molecule has 0 amide bonds. The molecule has 1 fully saturated rings. The molecule has 1 aromatic rings. The maximum atomic E-state index is 12.6. The van der Waals surface area contributed by atoms with Crippen LogP contribution in [0.3, 0.4) is 0 Å². The van der Waals surface area contributed by atoms with Gasteiger partial charge in [0.15, 0.2) is 0 Å². The zero-order valence-electron chi connectivity index (χ0n) is 12.0. The third-order valence-corrected chi connectivity index (χ3v) is 5.56. The van der Waals surface area contributed by atoms with E-state index in [2.05, 4.69) is 13.8 Å². The molecule has 0 radical (unpaired) electrons. The third kappa shape index (κ3) is 3.73. The van der Waals surface area contributed by atoms with Crippen molar-refractivity contribution in [3.05, 3.63) is 29.8 Å². The molecule has 0 spiro atoms. The van der Waals surface area contributed by atoms with Gasteiger partial charge in [-0.3, -0.25) is 0 Å². The molecule has 0 atom stereocenters. The average Bonchev–Trinajstić information content (AvgIpc) is 2.39. The molecule has 0 saturated carbocycles. The lowest BCUT2D eigenvalue weighted by atomic mass is 10.0. The molecular formula is C14H23ClN2O2S. The molecule has 6 heteroatoms. The minimum atomic E-state index is -3.36. The van der Waals surface area contributed by atoms with E-state index in [1.54, 1.807) is 16.4 Å². The van der Waals surface area contributed by atoms with Crippen LogP contribution >= 0.6 is 12.4 Å². The van der Waals surface area contributed by atoms with E-state index in [4.69, 9.17) is 5.73 Å². The van der Waals surface area contributed by atoms with Crippen molar-refractivity contribution in [3.8, 4) is 0 Å². The van der Waals surface area contributed by atoms with E-state index in [0.29, 0.717) is 23.9 Å². The summed E-state index contributed by atoms with van der Waals surface area (Å²) in [6.07, 6.45) is 1.48. The highest BCUT2D eigenvalue weighted by molar-refractivity contribution is 7.89. The van der Waals surface area contributed by atoms with Crippen molar-refractivity contribution in [1.29, 1.82) is 0 Å². The maximum Gasteiger partial charge on any atom is 0.243 e. The van der Waals surface area contributed by atoms with E-state index < -0.39 is 10.0 Å². The molecule has 20 heavy (non-hydrogen) atoms. The zero-order valence-corrected chi connectivity index (χ0v) is 13.6. The minimum Gasteiger partial charge on any atom is -0.328 e.